The van der Waals surface area contributed by atoms with Crippen LogP contribution in [0.1, 0.15) is 41.4 Å². The quantitative estimate of drug-likeness (QED) is 0.796. The van der Waals surface area contributed by atoms with E-state index in [0.29, 0.717) is 5.70 Å². The molecule has 1 amide bonds. The number of carbonyl (C=O) groups excluding carboxylic acids is 1. The molecular weight excluding hydrogens is 383 g/mol. The first-order valence-corrected chi connectivity index (χ1v) is 8.90. The van der Waals surface area contributed by atoms with E-state index in [-0.39, 0.29) is 33.8 Å². The van der Waals surface area contributed by atoms with Gasteiger partial charge in [-0.1, -0.05) is 0 Å². The largest absolute Gasteiger partial charge is 0.494 e. The molecule has 0 fully saturated rings. The molecule has 9 heteroatoms. The van der Waals surface area contributed by atoms with E-state index in [1.165, 1.54) is 30.4 Å². The van der Waals surface area contributed by atoms with Gasteiger partial charge < -0.3 is 14.7 Å². The highest BCUT2D eigenvalue weighted by atomic mass is 32.1. The van der Waals surface area contributed by atoms with Gasteiger partial charge in [0.25, 0.3) is 12.3 Å². The van der Waals surface area contributed by atoms with Gasteiger partial charge in [0, 0.05) is 16.7 Å². The molecule has 0 radical (unpaired) electrons. The smallest absolute Gasteiger partial charge is 0.307 e. The number of aliphatic carboxylic acids is 1. The van der Waals surface area contributed by atoms with Crippen LogP contribution in [0.4, 0.5) is 13.2 Å². The summed E-state index contributed by atoms with van der Waals surface area (Å²) in [7, 11) is 1.30. The highest BCUT2D eigenvalue weighted by molar-refractivity contribution is 7.10. The van der Waals surface area contributed by atoms with Gasteiger partial charge in [-0.25, -0.2) is 13.2 Å². The lowest BCUT2D eigenvalue weighted by Gasteiger charge is -2.28. The van der Waals surface area contributed by atoms with Crippen LogP contribution in [0.5, 0.6) is 0 Å². The summed E-state index contributed by atoms with van der Waals surface area (Å²) < 4.78 is 45.5. The Labute approximate surface area is 157 Å². The van der Waals surface area contributed by atoms with Crippen LogP contribution in [0, 0.1) is 0 Å². The van der Waals surface area contributed by atoms with Gasteiger partial charge in [-0.15, -0.1) is 11.3 Å². The molecule has 27 heavy (non-hydrogen) atoms. The minimum Gasteiger partial charge on any atom is -0.494 e. The summed E-state index contributed by atoms with van der Waals surface area (Å²) in [5, 5.41) is 10.5. The summed E-state index contributed by atoms with van der Waals surface area (Å²) >= 11 is 0.766. The van der Waals surface area contributed by atoms with Gasteiger partial charge >= 0.3 is 5.97 Å². The van der Waals surface area contributed by atoms with E-state index in [1.807, 2.05) is 0 Å². The molecule has 2 aliphatic rings. The van der Waals surface area contributed by atoms with Crippen LogP contribution in [-0.4, -0.2) is 35.0 Å². The number of rotatable bonds is 5. The summed E-state index contributed by atoms with van der Waals surface area (Å²) in [5.74, 6) is -2.46. The number of carboxylic acid groups (broad SMARTS) is 1. The van der Waals surface area contributed by atoms with E-state index < -0.39 is 36.6 Å². The molecule has 1 N–H and O–H groups in total. The van der Waals surface area contributed by atoms with Gasteiger partial charge in [0.1, 0.15) is 0 Å². The Hall–Kier alpha value is -2.55. The number of hydrogen-bond acceptors (Lipinski definition) is 4. The summed E-state index contributed by atoms with van der Waals surface area (Å²) in [5.41, 5.74) is 0.665. The number of hydrogen-bond donors (Lipinski definition) is 1. The van der Waals surface area contributed by atoms with Crippen molar-refractivity contribution in [3.05, 3.63) is 56.4 Å². The van der Waals surface area contributed by atoms with Crippen LogP contribution in [-0.2, 0) is 9.53 Å². The van der Waals surface area contributed by atoms with Crippen LogP contribution in [0.25, 0.3) is 0 Å². The monoisotopic (exact) mass is 399 g/mol. The second kappa shape index (κ2) is 7.22. The molecule has 1 aliphatic carbocycles. The fraction of sp³-hybridized carbons (Fsp3) is 0.333. The van der Waals surface area contributed by atoms with Crippen LogP contribution in [0.15, 0.2) is 46.0 Å². The van der Waals surface area contributed by atoms with E-state index in [2.05, 4.69) is 0 Å². The molecule has 0 spiro atoms. The molecule has 5 nitrogen and oxygen atoms in total. The maximum atomic E-state index is 14.9. The SMILES string of the molecule is COC1=CCC2C(=C1F)C(CC(=O)O)=C(C)N2C(=O)c1csc(C(F)F)c1. The molecule has 3 rings (SSSR count). The first kappa shape index (κ1) is 19.2. The Morgan fingerprint density at radius 3 is 2.70 bits per heavy atom. The van der Waals surface area contributed by atoms with Gasteiger partial charge in [-0.3, -0.25) is 9.59 Å². The minimum absolute atomic E-state index is 0.0123. The minimum atomic E-state index is -2.69. The Balaban J connectivity index is 2.05. The lowest BCUT2D eigenvalue weighted by Crippen LogP contribution is -2.36. The Bertz CT molecular complexity index is 900. The maximum absolute atomic E-state index is 14.9. The number of ether oxygens (including phenoxy) is 1. The zero-order valence-corrected chi connectivity index (χ0v) is 15.3. The molecule has 0 bridgehead atoms. The average Bonchev–Trinajstić information content (AvgIpc) is 3.19. The zero-order chi connectivity index (χ0) is 19.9. The fourth-order valence-corrected chi connectivity index (χ4v) is 4.14. The van der Waals surface area contributed by atoms with E-state index in [0.717, 1.165) is 17.4 Å². The van der Waals surface area contributed by atoms with Crippen molar-refractivity contribution in [3.8, 4) is 0 Å². The second-order valence-corrected chi connectivity index (χ2v) is 7.04. The molecular formula is C18H16F3NO4S. The number of allylic oxidation sites excluding steroid dienone is 2. The third kappa shape index (κ3) is 3.27. The van der Waals surface area contributed by atoms with Gasteiger partial charge in [-0.2, -0.15) is 0 Å². The van der Waals surface area contributed by atoms with Gasteiger partial charge in [0.2, 0.25) is 0 Å². The lowest BCUT2D eigenvalue weighted by atomic mass is 9.91. The van der Waals surface area contributed by atoms with Gasteiger partial charge in [-0.05, 0) is 31.1 Å². The standard InChI is InChI=1S/C18H16F3NO4S/c1-8-10(6-14(23)24)15-11(3-4-12(26-2)16(15)19)22(8)18(25)9-5-13(17(20)21)27-7-9/h4-5,7,11,17H,3,6H2,1-2H3,(H,23,24). The first-order valence-electron chi connectivity index (χ1n) is 8.02. The predicted octanol–water partition coefficient (Wildman–Crippen LogP) is 4.42. The van der Waals surface area contributed by atoms with Crippen molar-refractivity contribution < 1.29 is 32.6 Å². The second-order valence-electron chi connectivity index (χ2n) is 6.10. The van der Waals surface area contributed by atoms with Crippen LogP contribution in [0.2, 0.25) is 0 Å². The van der Waals surface area contributed by atoms with E-state index in [1.54, 1.807) is 0 Å². The summed E-state index contributed by atoms with van der Waals surface area (Å²) in [4.78, 5) is 25.2. The summed E-state index contributed by atoms with van der Waals surface area (Å²) in [6.45, 7) is 1.53. The topological polar surface area (TPSA) is 66.8 Å². The number of nitrogens with zero attached hydrogens (tertiary/aromatic N) is 1. The molecule has 144 valence electrons. The zero-order valence-electron chi connectivity index (χ0n) is 14.5. The summed E-state index contributed by atoms with van der Waals surface area (Å²) in [6, 6.07) is 0.375. The Morgan fingerprint density at radius 2 is 2.15 bits per heavy atom. The molecule has 1 atom stereocenters. The number of thiophene rings is 1. The van der Waals surface area contributed by atoms with Crippen molar-refractivity contribution in [2.45, 2.75) is 32.2 Å². The number of methoxy groups -OCH3 is 1. The molecule has 0 saturated carbocycles. The van der Waals surface area contributed by atoms with Crippen LogP contribution < -0.4 is 0 Å². The summed E-state index contributed by atoms with van der Waals surface area (Å²) in [6.07, 6.45) is -1.44. The van der Waals surface area contributed by atoms with Crippen molar-refractivity contribution in [1.29, 1.82) is 0 Å². The maximum Gasteiger partial charge on any atom is 0.307 e. The van der Waals surface area contributed by atoms with E-state index in [4.69, 9.17) is 4.74 Å². The molecule has 2 heterocycles. The third-order valence-corrected chi connectivity index (χ3v) is 5.54. The Kier molecular flexibility index (Phi) is 5.14. The highest BCUT2D eigenvalue weighted by Crippen LogP contribution is 2.44. The van der Waals surface area contributed by atoms with Gasteiger partial charge in [0.05, 0.1) is 30.0 Å². The molecule has 1 aliphatic heterocycles. The fourth-order valence-electron chi connectivity index (χ4n) is 3.41. The van der Waals surface area contributed by atoms with Crippen LogP contribution >= 0.6 is 11.3 Å². The molecule has 0 aromatic carbocycles. The number of amides is 1. The van der Waals surface area contributed by atoms with Gasteiger partial charge in [0.15, 0.2) is 11.6 Å². The van der Waals surface area contributed by atoms with Crippen molar-refractivity contribution in [1.82, 2.24) is 4.90 Å². The molecule has 0 saturated heterocycles. The number of alkyl halides is 2. The normalized spacial score (nSPS) is 19.6. The van der Waals surface area contributed by atoms with E-state index in [9.17, 15) is 27.9 Å². The number of carbonyl (C=O) groups is 2. The number of carboxylic acids is 1. The lowest BCUT2D eigenvalue weighted by molar-refractivity contribution is -0.136. The average molecular weight is 399 g/mol. The molecule has 1 unspecified atom stereocenters. The highest BCUT2D eigenvalue weighted by Gasteiger charge is 2.43. The molecule has 1 aromatic heterocycles. The molecule has 1 aromatic rings. The first-order chi connectivity index (χ1) is 12.8. The van der Waals surface area contributed by atoms with E-state index >= 15 is 0 Å². The number of fused-ring (bicyclic) bond motifs is 1. The van der Waals surface area contributed by atoms with Crippen molar-refractivity contribution in [3.63, 3.8) is 0 Å². The number of halogens is 3. The predicted molar refractivity (Wildman–Crippen MR) is 92.0 cm³/mol. The van der Waals surface area contributed by atoms with Crippen molar-refractivity contribution in [2.24, 2.45) is 0 Å². The van der Waals surface area contributed by atoms with Crippen molar-refractivity contribution >= 4 is 23.2 Å². The van der Waals surface area contributed by atoms with Crippen LogP contribution in [0.3, 0.4) is 0 Å². The van der Waals surface area contributed by atoms with Crippen molar-refractivity contribution in [2.75, 3.05) is 7.11 Å². The third-order valence-electron chi connectivity index (χ3n) is 4.60. The Morgan fingerprint density at radius 1 is 1.44 bits per heavy atom.